The number of aryl methyl sites for hydroxylation is 1. The molecule has 2 aliphatic heterocycles. The highest BCUT2D eigenvalue weighted by Crippen LogP contribution is 2.36. The van der Waals surface area contributed by atoms with E-state index in [4.69, 9.17) is 4.98 Å². The van der Waals surface area contributed by atoms with Crippen LogP contribution in [0.2, 0.25) is 0 Å². The Labute approximate surface area is 202 Å². The molecule has 0 atom stereocenters. The molecule has 1 N–H and O–H groups in total. The molecular weight excluding hydrogens is 451 g/mol. The first-order chi connectivity index (χ1) is 16.5. The van der Waals surface area contributed by atoms with Crippen LogP contribution in [0.4, 0.5) is 15.2 Å². The molecule has 8 heteroatoms. The van der Waals surface area contributed by atoms with E-state index in [1.54, 1.807) is 17.0 Å². The number of benzene rings is 2. The molecule has 0 saturated carbocycles. The summed E-state index contributed by atoms with van der Waals surface area (Å²) in [5.74, 6) is -0.643. The predicted octanol–water partition coefficient (Wildman–Crippen LogP) is 4.88. The molecule has 3 aromatic rings. The van der Waals surface area contributed by atoms with Gasteiger partial charge in [-0.25, -0.2) is 9.37 Å². The molecule has 34 heavy (non-hydrogen) atoms. The fraction of sp³-hybridized carbons (Fsp3) is 0.346. The number of nitrogens with zero attached hydrogens (tertiary/aromatic N) is 3. The molecule has 1 saturated heterocycles. The van der Waals surface area contributed by atoms with Crippen LogP contribution in [0.3, 0.4) is 0 Å². The van der Waals surface area contributed by atoms with Crippen LogP contribution < -0.4 is 10.2 Å². The van der Waals surface area contributed by atoms with Gasteiger partial charge in [0.05, 0.1) is 12.2 Å². The van der Waals surface area contributed by atoms with E-state index in [1.165, 1.54) is 29.9 Å². The molecule has 176 valence electrons. The maximum absolute atomic E-state index is 13.6. The average Bonchev–Trinajstić information content (AvgIpc) is 3.41. The number of hydrogen-bond acceptors (Lipinski definition) is 5. The number of likely N-dealkylation sites (tertiary alicyclic amines) is 1. The van der Waals surface area contributed by atoms with Crippen molar-refractivity contribution in [3.05, 3.63) is 64.3 Å². The monoisotopic (exact) mass is 478 g/mol. The number of aromatic nitrogens is 1. The van der Waals surface area contributed by atoms with Crippen molar-refractivity contribution in [2.75, 3.05) is 36.4 Å². The quantitative estimate of drug-likeness (QED) is 0.567. The van der Waals surface area contributed by atoms with E-state index in [2.05, 4.69) is 16.3 Å². The molecule has 3 heterocycles. The van der Waals surface area contributed by atoms with E-state index >= 15 is 0 Å². The second-order valence-electron chi connectivity index (χ2n) is 8.87. The summed E-state index contributed by atoms with van der Waals surface area (Å²) >= 11 is 1.48. The fourth-order valence-electron chi connectivity index (χ4n) is 4.73. The lowest BCUT2D eigenvalue weighted by atomic mass is 10.1. The van der Waals surface area contributed by atoms with Gasteiger partial charge in [-0.3, -0.25) is 14.5 Å². The van der Waals surface area contributed by atoms with Crippen molar-refractivity contribution in [1.82, 2.24) is 9.88 Å². The smallest absolute Gasteiger partial charge is 0.258 e. The zero-order chi connectivity index (χ0) is 23.7. The maximum atomic E-state index is 13.6. The highest BCUT2D eigenvalue weighted by atomic mass is 32.1. The summed E-state index contributed by atoms with van der Waals surface area (Å²) in [7, 11) is 0. The van der Waals surface area contributed by atoms with Gasteiger partial charge in [-0.2, -0.15) is 0 Å². The van der Waals surface area contributed by atoms with Crippen molar-refractivity contribution in [2.24, 2.45) is 0 Å². The van der Waals surface area contributed by atoms with Gasteiger partial charge < -0.3 is 10.2 Å². The summed E-state index contributed by atoms with van der Waals surface area (Å²) in [6.07, 6.45) is 4.27. The van der Waals surface area contributed by atoms with Crippen molar-refractivity contribution in [2.45, 2.75) is 32.6 Å². The minimum atomic E-state index is -0.418. The standard InChI is InChI=1S/C26H27FN4O2S/c1-17-24(29-26(34-17)28-23(32)16-30-11-3-2-4-12-30)19-8-9-22-18(14-19)10-13-31(22)25(33)20-6-5-7-21(27)15-20/h5-9,14-15H,2-4,10-13,16H2,1H3,(H,28,29,32). The first kappa shape index (κ1) is 22.7. The van der Waals surface area contributed by atoms with E-state index in [-0.39, 0.29) is 11.8 Å². The molecule has 0 aliphatic carbocycles. The predicted molar refractivity (Wildman–Crippen MR) is 133 cm³/mol. The van der Waals surface area contributed by atoms with Gasteiger partial charge in [-0.05, 0) is 75.2 Å². The minimum Gasteiger partial charge on any atom is -0.308 e. The number of carbonyl (C=O) groups excluding carboxylic acids is 2. The second-order valence-corrected chi connectivity index (χ2v) is 10.1. The summed E-state index contributed by atoms with van der Waals surface area (Å²) in [5.41, 5.74) is 4.06. The summed E-state index contributed by atoms with van der Waals surface area (Å²) in [6, 6.07) is 11.7. The van der Waals surface area contributed by atoms with Crippen LogP contribution >= 0.6 is 11.3 Å². The van der Waals surface area contributed by atoms with Gasteiger partial charge in [-0.1, -0.05) is 18.6 Å². The zero-order valence-electron chi connectivity index (χ0n) is 19.1. The molecule has 0 bridgehead atoms. The third-order valence-corrected chi connectivity index (χ3v) is 7.31. The van der Waals surface area contributed by atoms with Gasteiger partial charge in [0.2, 0.25) is 5.91 Å². The van der Waals surface area contributed by atoms with E-state index in [0.29, 0.717) is 23.8 Å². The number of carbonyl (C=O) groups is 2. The summed E-state index contributed by atoms with van der Waals surface area (Å²) in [5, 5.41) is 3.57. The van der Waals surface area contributed by atoms with Gasteiger partial charge in [-0.15, -0.1) is 11.3 Å². The average molecular weight is 479 g/mol. The van der Waals surface area contributed by atoms with Crippen LogP contribution in [0.5, 0.6) is 0 Å². The van der Waals surface area contributed by atoms with Gasteiger partial charge in [0.25, 0.3) is 5.91 Å². The third kappa shape index (κ3) is 4.74. The van der Waals surface area contributed by atoms with Crippen molar-refractivity contribution in [3.63, 3.8) is 0 Å². The molecule has 2 aromatic carbocycles. The summed E-state index contributed by atoms with van der Waals surface area (Å²) in [4.78, 5) is 35.0. The number of halogens is 1. The SMILES string of the molecule is Cc1sc(NC(=O)CN2CCCCC2)nc1-c1ccc2c(c1)CCN2C(=O)c1cccc(F)c1. The Hall–Kier alpha value is -3.10. The largest absolute Gasteiger partial charge is 0.308 e. The molecule has 5 rings (SSSR count). The van der Waals surface area contributed by atoms with Crippen LogP contribution in [0.1, 0.15) is 40.1 Å². The van der Waals surface area contributed by atoms with Gasteiger partial charge in [0.1, 0.15) is 5.82 Å². The lowest BCUT2D eigenvalue weighted by Gasteiger charge is -2.25. The second kappa shape index (κ2) is 9.64. The number of amides is 2. The normalized spacial score (nSPS) is 15.9. The Morgan fingerprint density at radius 2 is 1.91 bits per heavy atom. The highest BCUT2D eigenvalue weighted by Gasteiger charge is 2.26. The molecule has 0 unspecified atom stereocenters. The number of anilines is 2. The summed E-state index contributed by atoms with van der Waals surface area (Å²) in [6.45, 7) is 4.91. The van der Waals surface area contributed by atoms with Crippen LogP contribution in [0.15, 0.2) is 42.5 Å². The molecular formula is C26H27FN4O2S. The number of piperidine rings is 1. The van der Waals surface area contributed by atoms with Crippen molar-refractivity contribution < 1.29 is 14.0 Å². The first-order valence-electron chi connectivity index (χ1n) is 11.7. The maximum Gasteiger partial charge on any atom is 0.258 e. The Bertz CT molecular complexity index is 1240. The number of thiazole rings is 1. The van der Waals surface area contributed by atoms with Crippen molar-refractivity contribution in [1.29, 1.82) is 0 Å². The molecule has 2 aliphatic rings. The Kier molecular flexibility index (Phi) is 6.43. The molecule has 6 nitrogen and oxygen atoms in total. The number of fused-ring (bicyclic) bond motifs is 1. The summed E-state index contributed by atoms with van der Waals surface area (Å²) < 4.78 is 13.6. The van der Waals surface area contributed by atoms with Crippen molar-refractivity contribution >= 4 is 34.0 Å². The Balaban J connectivity index is 1.30. The Morgan fingerprint density at radius 3 is 2.71 bits per heavy atom. The van der Waals surface area contributed by atoms with Gasteiger partial charge >= 0.3 is 0 Å². The molecule has 0 radical (unpaired) electrons. The van der Waals surface area contributed by atoms with E-state index in [1.807, 2.05) is 19.1 Å². The molecule has 2 amide bonds. The number of rotatable bonds is 5. The lowest BCUT2D eigenvalue weighted by molar-refractivity contribution is -0.117. The van der Waals surface area contributed by atoms with Crippen LogP contribution in [-0.2, 0) is 11.2 Å². The van der Waals surface area contributed by atoms with Gasteiger partial charge in [0.15, 0.2) is 5.13 Å². The van der Waals surface area contributed by atoms with E-state index in [9.17, 15) is 14.0 Å². The topological polar surface area (TPSA) is 65.5 Å². The highest BCUT2D eigenvalue weighted by molar-refractivity contribution is 7.16. The van der Waals surface area contributed by atoms with Crippen LogP contribution in [0.25, 0.3) is 11.3 Å². The molecule has 0 spiro atoms. The van der Waals surface area contributed by atoms with E-state index < -0.39 is 5.82 Å². The first-order valence-corrected chi connectivity index (χ1v) is 12.5. The van der Waals surface area contributed by atoms with Gasteiger partial charge in [0, 0.05) is 28.2 Å². The van der Waals surface area contributed by atoms with Crippen LogP contribution in [-0.4, -0.2) is 47.9 Å². The fourth-order valence-corrected chi connectivity index (χ4v) is 5.59. The van der Waals surface area contributed by atoms with Crippen LogP contribution in [0, 0.1) is 12.7 Å². The minimum absolute atomic E-state index is 0.0253. The zero-order valence-corrected chi connectivity index (χ0v) is 20.0. The molecule has 1 fully saturated rings. The van der Waals surface area contributed by atoms with E-state index in [0.717, 1.165) is 59.7 Å². The van der Waals surface area contributed by atoms with Crippen molar-refractivity contribution in [3.8, 4) is 11.3 Å². The number of hydrogen-bond donors (Lipinski definition) is 1. The third-order valence-electron chi connectivity index (χ3n) is 6.42. The Morgan fingerprint density at radius 1 is 1.09 bits per heavy atom. The lowest BCUT2D eigenvalue weighted by Crippen LogP contribution is -2.36. The molecule has 1 aromatic heterocycles. The number of nitrogens with one attached hydrogen (secondary N) is 1.